The minimum atomic E-state index is 0.198. The molecule has 0 bridgehead atoms. The summed E-state index contributed by atoms with van der Waals surface area (Å²) in [7, 11) is 0. The summed E-state index contributed by atoms with van der Waals surface area (Å²) < 4.78 is 0. The van der Waals surface area contributed by atoms with Crippen LogP contribution in [0.4, 0.5) is 0 Å². The van der Waals surface area contributed by atoms with E-state index in [0.29, 0.717) is 12.0 Å². The molecule has 1 atom stereocenters. The molecule has 26 heavy (non-hydrogen) atoms. The van der Waals surface area contributed by atoms with Gasteiger partial charge in [0.25, 0.3) is 0 Å². The van der Waals surface area contributed by atoms with E-state index in [0.717, 1.165) is 5.88 Å². The summed E-state index contributed by atoms with van der Waals surface area (Å²) in [5.41, 5.74) is 6.03. The van der Waals surface area contributed by atoms with Gasteiger partial charge in [0.1, 0.15) is 0 Å². The van der Waals surface area contributed by atoms with E-state index >= 15 is 0 Å². The number of thioether (sulfide) groups is 1. The van der Waals surface area contributed by atoms with Gasteiger partial charge in [-0.25, -0.2) is 0 Å². The minimum absolute atomic E-state index is 0.198. The van der Waals surface area contributed by atoms with Gasteiger partial charge >= 0.3 is 0 Å². The third-order valence-corrected chi connectivity index (χ3v) is 6.38. The normalized spacial score (nSPS) is 18.5. The largest absolute Gasteiger partial charge is 0.303 e. The molecule has 1 nitrogen and oxygen atoms in total. The van der Waals surface area contributed by atoms with Crippen LogP contribution in [0.2, 0.25) is 0 Å². The molecule has 0 saturated carbocycles. The Morgan fingerprint density at radius 3 is 1.50 bits per heavy atom. The molecule has 0 spiro atoms. The lowest BCUT2D eigenvalue weighted by Gasteiger charge is -2.27. The number of rotatable bonds is 3. The molecule has 0 radical (unpaired) electrons. The van der Waals surface area contributed by atoms with Gasteiger partial charge < -0.3 is 5.32 Å². The summed E-state index contributed by atoms with van der Waals surface area (Å²) in [4.78, 5) is 0. The van der Waals surface area contributed by atoms with E-state index < -0.39 is 0 Å². The minimum Gasteiger partial charge on any atom is -0.303 e. The van der Waals surface area contributed by atoms with Crippen molar-refractivity contribution < 1.29 is 0 Å². The second-order valence-electron chi connectivity index (χ2n) is 9.55. The summed E-state index contributed by atoms with van der Waals surface area (Å²) in [5.74, 6) is 2.64. The van der Waals surface area contributed by atoms with Gasteiger partial charge in [-0.15, -0.1) is 11.8 Å². The molecule has 2 aromatic rings. The quantitative estimate of drug-likeness (QED) is 0.706. The van der Waals surface area contributed by atoms with Crippen molar-refractivity contribution in [1.82, 2.24) is 5.32 Å². The Bertz CT molecular complexity index is 653. The molecule has 0 unspecified atom stereocenters. The van der Waals surface area contributed by atoms with Gasteiger partial charge in [0.2, 0.25) is 0 Å². The average Bonchev–Trinajstić information content (AvgIpc) is 3.08. The van der Waals surface area contributed by atoms with Crippen LogP contribution >= 0.6 is 11.8 Å². The first-order valence-electron chi connectivity index (χ1n) is 9.68. The number of benzene rings is 2. The van der Waals surface area contributed by atoms with Gasteiger partial charge in [0, 0.05) is 23.6 Å². The molecule has 1 heterocycles. The molecule has 1 N–H and O–H groups in total. The van der Waals surface area contributed by atoms with Crippen LogP contribution in [0, 0.1) is 0 Å². The van der Waals surface area contributed by atoms with Gasteiger partial charge in [-0.05, 0) is 33.1 Å². The maximum atomic E-state index is 3.71. The standard InChI is InChI=1S/C24H33NS/c1-23(2,3)19-11-7-17(8-12-19)22(21-15-26-16-25-21)18-9-13-20(14-10-18)24(4,5)6/h7-14,21-22,25H,15-16H2,1-6H3/t21-/m1/s1. The predicted molar refractivity (Wildman–Crippen MR) is 116 cm³/mol. The summed E-state index contributed by atoms with van der Waals surface area (Å²) in [5, 5.41) is 3.71. The molecule has 2 heteroatoms. The zero-order chi connectivity index (χ0) is 18.9. The molecule has 1 saturated heterocycles. The summed E-state index contributed by atoms with van der Waals surface area (Å²) in [6.07, 6.45) is 0. The highest BCUT2D eigenvalue weighted by Crippen LogP contribution is 2.35. The summed E-state index contributed by atoms with van der Waals surface area (Å²) >= 11 is 2.00. The third-order valence-electron chi connectivity index (χ3n) is 5.42. The molecule has 1 fully saturated rings. The Kier molecular flexibility index (Phi) is 5.55. The third kappa shape index (κ3) is 4.35. The Morgan fingerprint density at radius 2 is 1.19 bits per heavy atom. The molecule has 140 valence electrons. The van der Waals surface area contributed by atoms with Crippen LogP contribution in [0.25, 0.3) is 0 Å². The topological polar surface area (TPSA) is 12.0 Å². The first-order valence-corrected chi connectivity index (χ1v) is 10.8. The molecule has 0 aromatic heterocycles. The monoisotopic (exact) mass is 367 g/mol. The fraction of sp³-hybridized carbons (Fsp3) is 0.500. The Hall–Kier alpha value is -1.25. The average molecular weight is 368 g/mol. The van der Waals surface area contributed by atoms with E-state index in [-0.39, 0.29) is 10.8 Å². The zero-order valence-electron chi connectivity index (χ0n) is 17.1. The molecule has 2 aromatic carbocycles. The molecular weight excluding hydrogens is 334 g/mol. The highest BCUT2D eigenvalue weighted by atomic mass is 32.2. The van der Waals surface area contributed by atoms with Gasteiger partial charge in [0.15, 0.2) is 0 Å². The van der Waals surface area contributed by atoms with E-state index in [2.05, 4.69) is 95.4 Å². The van der Waals surface area contributed by atoms with Crippen LogP contribution < -0.4 is 5.32 Å². The first-order chi connectivity index (χ1) is 12.2. The van der Waals surface area contributed by atoms with Crippen molar-refractivity contribution >= 4 is 11.8 Å². The molecular formula is C24H33NS. The highest BCUT2D eigenvalue weighted by molar-refractivity contribution is 7.99. The number of hydrogen-bond donors (Lipinski definition) is 1. The van der Waals surface area contributed by atoms with E-state index in [9.17, 15) is 0 Å². The number of hydrogen-bond acceptors (Lipinski definition) is 2. The van der Waals surface area contributed by atoms with Gasteiger partial charge in [0.05, 0.1) is 0 Å². The second-order valence-corrected chi connectivity index (χ2v) is 10.6. The summed E-state index contributed by atoms with van der Waals surface area (Å²) in [6.45, 7) is 13.7. The Balaban J connectivity index is 1.95. The van der Waals surface area contributed by atoms with Crippen molar-refractivity contribution in [3.05, 3.63) is 70.8 Å². The van der Waals surface area contributed by atoms with E-state index in [1.807, 2.05) is 11.8 Å². The lowest BCUT2D eigenvalue weighted by Crippen LogP contribution is -2.32. The lowest BCUT2D eigenvalue weighted by atomic mass is 9.81. The lowest BCUT2D eigenvalue weighted by molar-refractivity contribution is 0.560. The van der Waals surface area contributed by atoms with Crippen LogP contribution in [-0.2, 0) is 10.8 Å². The molecule has 1 aliphatic rings. The van der Waals surface area contributed by atoms with Crippen molar-refractivity contribution in [3.63, 3.8) is 0 Å². The van der Waals surface area contributed by atoms with Crippen LogP contribution in [0.1, 0.15) is 69.7 Å². The Labute approximate surface area is 164 Å². The van der Waals surface area contributed by atoms with Crippen molar-refractivity contribution in [2.45, 2.75) is 64.3 Å². The smallest absolute Gasteiger partial charge is 0.0421 e. The number of nitrogens with one attached hydrogen (secondary N) is 1. The van der Waals surface area contributed by atoms with E-state index in [1.54, 1.807) is 0 Å². The van der Waals surface area contributed by atoms with E-state index in [1.165, 1.54) is 28.0 Å². The molecule has 0 aliphatic carbocycles. The van der Waals surface area contributed by atoms with Crippen molar-refractivity contribution in [2.75, 3.05) is 11.6 Å². The van der Waals surface area contributed by atoms with Gasteiger partial charge in [-0.2, -0.15) is 0 Å². The first kappa shape index (κ1) is 19.5. The van der Waals surface area contributed by atoms with Crippen molar-refractivity contribution in [1.29, 1.82) is 0 Å². The maximum absolute atomic E-state index is 3.71. The second kappa shape index (κ2) is 7.40. The molecule has 0 amide bonds. The molecule has 1 aliphatic heterocycles. The molecule has 3 rings (SSSR count). The fourth-order valence-corrected chi connectivity index (χ4v) is 4.68. The van der Waals surface area contributed by atoms with Crippen LogP contribution in [0.5, 0.6) is 0 Å². The van der Waals surface area contributed by atoms with Crippen molar-refractivity contribution in [3.8, 4) is 0 Å². The van der Waals surface area contributed by atoms with Crippen LogP contribution in [0.3, 0.4) is 0 Å². The highest BCUT2D eigenvalue weighted by Gasteiger charge is 2.28. The maximum Gasteiger partial charge on any atom is 0.0421 e. The Morgan fingerprint density at radius 1 is 0.769 bits per heavy atom. The van der Waals surface area contributed by atoms with Crippen molar-refractivity contribution in [2.24, 2.45) is 0 Å². The van der Waals surface area contributed by atoms with Gasteiger partial charge in [-0.3, -0.25) is 0 Å². The fourth-order valence-electron chi connectivity index (χ4n) is 3.66. The predicted octanol–water partition coefficient (Wildman–Crippen LogP) is 6.08. The van der Waals surface area contributed by atoms with Crippen LogP contribution in [-0.4, -0.2) is 17.7 Å². The zero-order valence-corrected chi connectivity index (χ0v) is 17.9. The van der Waals surface area contributed by atoms with Crippen LogP contribution in [0.15, 0.2) is 48.5 Å². The SMILES string of the molecule is CC(C)(C)c1ccc(C(c2ccc(C(C)(C)C)cc2)[C@H]2CSCN2)cc1. The van der Waals surface area contributed by atoms with E-state index in [4.69, 9.17) is 0 Å². The van der Waals surface area contributed by atoms with Gasteiger partial charge in [-0.1, -0.05) is 90.1 Å². The summed E-state index contributed by atoms with van der Waals surface area (Å²) in [6, 6.07) is 19.1.